The first kappa shape index (κ1) is 13.8. The molecule has 2 aliphatic heterocycles. The molecule has 2 rings (SSSR count). The molecule has 0 aromatic rings. The maximum Gasteiger partial charge on any atom is 0.239 e. The molecule has 1 N–H and O–H groups in total. The molecule has 2 saturated heterocycles. The van der Waals surface area contributed by atoms with Gasteiger partial charge in [0.15, 0.2) is 0 Å². The van der Waals surface area contributed by atoms with Gasteiger partial charge in [-0.2, -0.15) is 0 Å². The monoisotopic (exact) mass is 253 g/mol. The van der Waals surface area contributed by atoms with E-state index in [1.165, 1.54) is 19.3 Å². The zero-order valence-corrected chi connectivity index (χ0v) is 11.8. The van der Waals surface area contributed by atoms with E-state index in [0.717, 1.165) is 39.1 Å². The lowest BCUT2D eigenvalue weighted by Crippen LogP contribution is -2.51. The van der Waals surface area contributed by atoms with Gasteiger partial charge in [-0.3, -0.25) is 9.69 Å². The molecule has 0 aromatic heterocycles. The summed E-state index contributed by atoms with van der Waals surface area (Å²) in [5.41, 5.74) is 0. The second-order valence-electron chi connectivity index (χ2n) is 5.59. The maximum absolute atomic E-state index is 12.5. The van der Waals surface area contributed by atoms with Crippen LogP contribution in [0.5, 0.6) is 0 Å². The number of nitrogens with zero attached hydrogens (tertiary/aromatic N) is 2. The van der Waals surface area contributed by atoms with E-state index >= 15 is 0 Å². The predicted octanol–water partition coefficient (Wildman–Crippen LogP) is 1.07. The van der Waals surface area contributed by atoms with Gasteiger partial charge in [0.05, 0.1) is 6.04 Å². The van der Waals surface area contributed by atoms with Crippen LogP contribution in [0.2, 0.25) is 0 Å². The minimum atomic E-state index is 0.0490. The molecule has 0 radical (unpaired) electrons. The van der Waals surface area contributed by atoms with Gasteiger partial charge in [-0.1, -0.05) is 6.92 Å². The van der Waals surface area contributed by atoms with Crippen molar-refractivity contribution in [3.8, 4) is 0 Å². The number of rotatable bonds is 5. The van der Waals surface area contributed by atoms with E-state index in [1.54, 1.807) is 0 Å². The summed E-state index contributed by atoms with van der Waals surface area (Å²) in [7, 11) is 0. The van der Waals surface area contributed by atoms with Crippen molar-refractivity contribution in [2.24, 2.45) is 0 Å². The highest BCUT2D eigenvalue weighted by molar-refractivity contribution is 5.81. The SMILES string of the molecule is CCCN(C1CCNC1)C(C)C(=O)N1CCCC1. The smallest absolute Gasteiger partial charge is 0.239 e. The van der Waals surface area contributed by atoms with Gasteiger partial charge in [0, 0.05) is 25.7 Å². The minimum absolute atomic E-state index is 0.0490. The highest BCUT2D eigenvalue weighted by Gasteiger charge is 2.32. The van der Waals surface area contributed by atoms with Gasteiger partial charge in [0.1, 0.15) is 0 Å². The predicted molar refractivity (Wildman–Crippen MR) is 73.5 cm³/mol. The Bertz CT molecular complexity index is 270. The molecule has 2 unspecified atom stereocenters. The Morgan fingerprint density at radius 3 is 2.72 bits per heavy atom. The Morgan fingerprint density at radius 1 is 1.44 bits per heavy atom. The van der Waals surface area contributed by atoms with E-state index in [0.29, 0.717) is 11.9 Å². The van der Waals surface area contributed by atoms with Gasteiger partial charge in [-0.15, -0.1) is 0 Å². The van der Waals surface area contributed by atoms with Crippen molar-refractivity contribution < 1.29 is 4.79 Å². The number of hydrogen-bond donors (Lipinski definition) is 1. The third-order valence-corrected chi connectivity index (χ3v) is 4.26. The highest BCUT2D eigenvalue weighted by Crippen LogP contribution is 2.17. The number of nitrogens with one attached hydrogen (secondary N) is 1. The Labute approximate surface area is 111 Å². The molecule has 0 saturated carbocycles. The Kier molecular flexibility index (Phi) is 5.01. The Morgan fingerprint density at radius 2 is 2.17 bits per heavy atom. The molecule has 4 nitrogen and oxygen atoms in total. The van der Waals surface area contributed by atoms with Crippen LogP contribution >= 0.6 is 0 Å². The molecular formula is C14H27N3O. The van der Waals surface area contributed by atoms with Crippen molar-refractivity contribution in [1.29, 1.82) is 0 Å². The molecule has 18 heavy (non-hydrogen) atoms. The van der Waals surface area contributed by atoms with Crippen molar-refractivity contribution in [2.75, 3.05) is 32.7 Å². The van der Waals surface area contributed by atoms with Crippen molar-refractivity contribution in [2.45, 2.75) is 51.6 Å². The molecule has 4 heteroatoms. The molecular weight excluding hydrogens is 226 g/mol. The van der Waals surface area contributed by atoms with Crippen molar-refractivity contribution in [1.82, 2.24) is 15.1 Å². The van der Waals surface area contributed by atoms with Crippen LogP contribution in [-0.2, 0) is 4.79 Å². The standard InChI is InChI=1S/C14H27N3O/c1-3-8-17(13-6-7-15-11-13)12(2)14(18)16-9-4-5-10-16/h12-13,15H,3-11H2,1-2H3. The molecule has 2 fully saturated rings. The fourth-order valence-electron chi connectivity index (χ4n) is 3.22. The second kappa shape index (κ2) is 6.53. The van der Waals surface area contributed by atoms with Gasteiger partial charge < -0.3 is 10.2 Å². The van der Waals surface area contributed by atoms with Crippen LogP contribution in [0.25, 0.3) is 0 Å². The van der Waals surface area contributed by atoms with Crippen LogP contribution in [0.4, 0.5) is 0 Å². The fraction of sp³-hybridized carbons (Fsp3) is 0.929. The number of amides is 1. The summed E-state index contributed by atoms with van der Waals surface area (Å²) in [5.74, 6) is 0.341. The molecule has 0 bridgehead atoms. The van der Waals surface area contributed by atoms with Crippen molar-refractivity contribution >= 4 is 5.91 Å². The third-order valence-electron chi connectivity index (χ3n) is 4.26. The first-order valence-electron chi connectivity index (χ1n) is 7.49. The van der Waals surface area contributed by atoms with Gasteiger partial charge in [0.25, 0.3) is 0 Å². The summed E-state index contributed by atoms with van der Waals surface area (Å²) in [6, 6.07) is 0.597. The lowest BCUT2D eigenvalue weighted by atomic mass is 10.1. The number of carbonyl (C=O) groups is 1. The van der Waals surface area contributed by atoms with Gasteiger partial charge in [-0.25, -0.2) is 0 Å². The summed E-state index contributed by atoms with van der Waals surface area (Å²) in [6.07, 6.45) is 4.65. The number of hydrogen-bond acceptors (Lipinski definition) is 3. The van der Waals surface area contributed by atoms with Crippen molar-refractivity contribution in [3.63, 3.8) is 0 Å². The van der Waals surface area contributed by atoms with Crippen molar-refractivity contribution in [3.05, 3.63) is 0 Å². The number of carbonyl (C=O) groups excluding carboxylic acids is 1. The van der Waals surface area contributed by atoms with Crippen LogP contribution in [0.15, 0.2) is 0 Å². The largest absolute Gasteiger partial charge is 0.341 e. The highest BCUT2D eigenvalue weighted by atomic mass is 16.2. The second-order valence-corrected chi connectivity index (χ2v) is 5.59. The topological polar surface area (TPSA) is 35.6 Å². The lowest BCUT2D eigenvalue weighted by Gasteiger charge is -2.35. The van der Waals surface area contributed by atoms with Crippen LogP contribution in [0.3, 0.4) is 0 Å². The van der Waals surface area contributed by atoms with Crippen LogP contribution in [0, 0.1) is 0 Å². The molecule has 0 spiro atoms. The zero-order valence-electron chi connectivity index (χ0n) is 11.8. The molecule has 2 heterocycles. The molecule has 1 amide bonds. The van der Waals surface area contributed by atoms with Gasteiger partial charge in [-0.05, 0) is 45.7 Å². The Hall–Kier alpha value is -0.610. The van der Waals surface area contributed by atoms with Crippen LogP contribution in [0.1, 0.15) is 39.5 Å². The van der Waals surface area contributed by atoms with E-state index in [4.69, 9.17) is 0 Å². The van der Waals surface area contributed by atoms with E-state index in [1.807, 2.05) is 0 Å². The third kappa shape index (κ3) is 3.04. The molecule has 2 aliphatic rings. The average molecular weight is 253 g/mol. The van der Waals surface area contributed by atoms with E-state index < -0.39 is 0 Å². The fourth-order valence-corrected chi connectivity index (χ4v) is 3.22. The van der Waals surface area contributed by atoms with Crippen LogP contribution in [-0.4, -0.2) is 60.5 Å². The summed E-state index contributed by atoms with van der Waals surface area (Å²) in [6.45, 7) is 9.38. The summed E-state index contributed by atoms with van der Waals surface area (Å²) >= 11 is 0. The first-order valence-corrected chi connectivity index (χ1v) is 7.49. The van der Waals surface area contributed by atoms with E-state index in [-0.39, 0.29) is 6.04 Å². The van der Waals surface area contributed by atoms with Gasteiger partial charge >= 0.3 is 0 Å². The average Bonchev–Trinajstić information content (AvgIpc) is 3.05. The van der Waals surface area contributed by atoms with Crippen LogP contribution < -0.4 is 5.32 Å². The molecule has 104 valence electrons. The quantitative estimate of drug-likeness (QED) is 0.796. The Balaban J connectivity index is 1.97. The summed E-state index contributed by atoms with van der Waals surface area (Å²) in [4.78, 5) is 17.0. The minimum Gasteiger partial charge on any atom is -0.341 e. The van der Waals surface area contributed by atoms with E-state index in [9.17, 15) is 4.79 Å². The first-order chi connectivity index (χ1) is 8.74. The normalized spacial score (nSPS) is 25.9. The number of likely N-dealkylation sites (tertiary alicyclic amines) is 1. The summed E-state index contributed by atoms with van der Waals surface area (Å²) < 4.78 is 0. The zero-order chi connectivity index (χ0) is 13.0. The molecule has 0 aromatic carbocycles. The molecule has 2 atom stereocenters. The van der Waals surface area contributed by atoms with E-state index in [2.05, 4.69) is 29.0 Å². The maximum atomic E-state index is 12.5. The van der Waals surface area contributed by atoms with Gasteiger partial charge in [0.2, 0.25) is 5.91 Å². The molecule has 0 aliphatic carbocycles. The summed E-state index contributed by atoms with van der Waals surface area (Å²) in [5, 5.41) is 3.41. The lowest BCUT2D eigenvalue weighted by molar-refractivity contribution is -0.136.